The third kappa shape index (κ3) is 3.29. The summed E-state index contributed by atoms with van der Waals surface area (Å²) in [5.41, 5.74) is 8.12. The Morgan fingerprint density at radius 1 is 1.11 bits per heavy atom. The topological polar surface area (TPSA) is 26.0 Å². The molecular formula is C15H16ClNS. The molecule has 0 saturated heterocycles. The molecule has 0 radical (unpaired) electrons. The minimum Gasteiger partial charge on any atom is -0.330 e. The summed E-state index contributed by atoms with van der Waals surface area (Å²) in [5.74, 6) is 0. The Balaban J connectivity index is 2.30. The molecule has 0 saturated carbocycles. The van der Waals surface area contributed by atoms with Crippen molar-refractivity contribution in [2.24, 2.45) is 5.73 Å². The molecule has 0 aromatic heterocycles. The standard InChI is InChI=1S/C15H16ClNS/c1-11-5-7-13(8-6-11)18-15-12(9-10-17)3-2-4-14(15)16/h2-8H,9-10,17H2,1H3. The summed E-state index contributed by atoms with van der Waals surface area (Å²) < 4.78 is 0. The van der Waals surface area contributed by atoms with Crippen molar-refractivity contribution in [2.75, 3.05) is 6.54 Å². The molecule has 1 nitrogen and oxygen atoms in total. The summed E-state index contributed by atoms with van der Waals surface area (Å²) in [6.07, 6.45) is 0.856. The molecule has 0 aliphatic heterocycles. The molecule has 0 fully saturated rings. The van der Waals surface area contributed by atoms with Crippen molar-refractivity contribution in [3.05, 3.63) is 58.6 Å². The maximum absolute atomic E-state index is 6.28. The number of hydrogen-bond acceptors (Lipinski definition) is 2. The number of benzene rings is 2. The van der Waals surface area contributed by atoms with Crippen molar-refractivity contribution < 1.29 is 0 Å². The number of halogens is 1. The van der Waals surface area contributed by atoms with Crippen LogP contribution in [0.4, 0.5) is 0 Å². The zero-order chi connectivity index (χ0) is 13.0. The fourth-order valence-corrected chi connectivity index (χ4v) is 3.03. The SMILES string of the molecule is Cc1ccc(Sc2c(Cl)cccc2CCN)cc1. The van der Waals surface area contributed by atoms with E-state index in [1.54, 1.807) is 11.8 Å². The van der Waals surface area contributed by atoms with Crippen LogP contribution in [0.25, 0.3) is 0 Å². The van der Waals surface area contributed by atoms with E-state index in [1.807, 2.05) is 12.1 Å². The van der Waals surface area contributed by atoms with Gasteiger partial charge in [0.05, 0.1) is 5.02 Å². The van der Waals surface area contributed by atoms with E-state index in [2.05, 4.69) is 37.3 Å². The van der Waals surface area contributed by atoms with Gasteiger partial charge in [-0.25, -0.2) is 0 Å². The smallest absolute Gasteiger partial charge is 0.0548 e. The first kappa shape index (κ1) is 13.5. The minimum absolute atomic E-state index is 0.641. The molecule has 0 heterocycles. The van der Waals surface area contributed by atoms with E-state index in [0.29, 0.717) is 6.54 Å². The molecule has 0 aliphatic rings. The van der Waals surface area contributed by atoms with Crippen molar-refractivity contribution in [3.8, 4) is 0 Å². The van der Waals surface area contributed by atoms with Gasteiger partial charge in [0.1, 0.15) is 0 Å². The lowest BCUT2D eigenvalue weighted by Gasteiger charge is -2.10. The molecule has 2 rings (SSSR count). The summed E-state index contributed by atoms with van der Waals surface area (Å²) in [4.78, 5) is 2.32. The van der Waals surface area contributed by atoms with E-state index in [1.165, 1.54) is 16.0 Å². The van der Waals surface area contributed by atoms with Crippen LogP contribution >= 0.6 is 23.4 Å². The van der Waals surface area contributed by atoms with Crippen molar-refractivity contribution >= 4 is 23.4 Å². The highest BCUT2D eigenvalue weighted by Gasteiger charge is 2.08. The molecule has 0 atom stereocenters. The van der Waals surface area contributed by atoms with Crippen molar-refractivity contribution in [2.45, 2.75) is 23.1 Å². The lowest BCUT2D eigenvalue weighted by Crippen LogP contribution is -2.03. The molecule has 2 aromatic carbocycles. The van der Waals surface area contributed by atoms with Gasteiger partial charge >= 0.3 is 0 Å². The quantitative estimate of drug-likeness (QED) is 0.902. The van der Waals surface area contributed by atoms with Gasteiger partial charge in [-0.15, -0.1) is 0 Å². The van der Waals surface area contributed by atoms with Crippen molar-refractivity contribution in [1.82, 2.24) is 0 Å². The average Bonchev–Trinajstić information content (AvgIpc) is 2.36. The van der Waals surface area contributed by atoms with Gasteiger partial charge in [-0.1, -0.05) is 53.2 Å². The highest BCUT2D eigenvalue weighted by molar-refractivity contribution is 7.99. The second-order valence-corrected chi connectivity index (χ2v) is 5.67. The van der Waals surface area contributed by atoms with Gasteiger partial charge in [0.2, 0.25) is 0 Å². The van der Waals surface area contributed by atoms with Gasteiger partial charge in [-0.2, -0.15) is 0 Å². The first-order valence-electron chi connectivity index (χ1n) is 5.92. The Labute approximate surface area is 117 Å². The fourth-order valence-electron chi connectivity index (χ4n) is 1.74. The van der Waals surface area contributed by atoms with Crippen LogP contribution in [0.1, 0.15) is 11.1 Å². The summed E-state index contributed by atoms with van der Waals surface area (Å²) in [5, 5.41) is 0.798. The maximum atomic E-state index is 6.28. The summed E-state index contributed by atoms with van der Waals surface area (Å²) in [7, 11) is 0. The molecule has 0 spiro atoms. The summed E-state index contributed by atoms with van der Waals surface area (Å²) in [6.45, 7) is 2.73. The van der Waals surface area contributed by atoms with E-state index < -0.39 is 0 Å². The maximum Gasteiger partial charge on any atom is 0.0548 e. The van der Waals surface area contributed by atoms with E-state index >= 15 is 0 Å². The Hall–Kier alpha value is -0.960. The largest absolute Gasteiger partial charge is 0.330 e. The third-order valence-corrected chi connectivity index (χ3v) is 4.32. The zero-order valence-corrected chi connectivity index (χ0v) is 11.9. The number of nitrogens with two attached hydrogens (primary N) is 1. The number of aryl methyl sites for hydroxylation is 1. The van der Waals surface area contributed by atoms with Crippen LogP contribution < -0.4 is 5.73 Å². The fraction of sp³-hybridized carbons (Fsp3) is 0.200. The Morgan fingerprint density at radius 2 is 1.83 bits per heavy atom. The second kappa shape index (κ2) is 6.28. The second-order valence-electron chi connectivity index (χ2n) is 4.18. The predicted octanol–water partition coefficient (Wildman–Crippen LogP) is 4.30. The minimum atomic E-state index is 0.641. The summed E-state index contributed by atoms with van der Waals surface area (Å²) >= 11 is 7.99. The lowest BCUT2D eigenvalue weighted by atomic mass is 10.1. The predicted molar refractivity (Wildman–Crippen MR) is 79.5 cm³/mol. The van der Waals surface area contributed by atoms with E-state index in [-0.39, 0.29) is 0 Å². The van der Waals surface area contributed by atoms with Gasteiger partial charge in [0, 0.05) is 9.79 Å². The van der Waals surface area contributed by atoms with E-state index in [4.69, 9.17) is 17.3 Å². The van der Waals surface area contributed by atoms with Crippen molar-refractivity contribution in [3.63, 3.8) is 0 Å². The highest BCUT2D eigenvalue weighted by atomic mass is 35.5. The normalized spacial score (nSPS) is 10.6. The molecule has 0 aliphatic carbocycles. The first-order valence-corrected chi connectivity index (χ1v) is 7.12. The Morgan fingerprint density at radius 3 is 2.50 bits per heavy atom. The molecule has 3 heteroatoms. The first-order chi connectivity index (χ1) is 8.70. The third-order valence-electron chi connectivity index (χ3n) is 2.70. The van der Waals surface area contributed by atoms with Crippen molar-refractivity contribution in [1.29, 1.82) is 0 Å². The van der Waals surface area contributed by atoms with Gasteiger partial charge in [0.25, 0.3) is 0 Å². The Kier molecular flexibility index (Phi) is 4.70. The summed E-state index contributed by atoms with van der Waals surface area (Å²) in [6, 6.07) is 14.5. The molecule has 94 valence electrons. The van der Waals surface area contributed by atoms with Gasteiger partial charge in [0.15, 0.2) is 0 Å². The number of rotatable bonds is 4. The van der Waals surface area contributed by atoms with Crippen LogP contribution in [0.15, 0.2) is 52.3 Å². The molecular weight excluding hydrogens is 262 g/mol. The van der Waals surface area contributed by atoms with Gasteiger partial charge in [-0.05, 0) is 43.7 Å². The van der Waals surface area contributed by atoms with Crippen LogP contribution in [0.2, 0.25) is 5.02 Å². The lowest BCUT2D eigenvalue weighted by molar-refractivity contribution is 0.944. The van der Waals surface area contributed by atoms with Gasteiger partial charge in [-0.3, -0.25) is 0 Å². The number of hydrogen-bond donors (Lipinski definition) is 1. The monoisotopic (exact) mass is 277 g/mol. The zero-order valence-electron chi connectivity index (χ0n) is 10.3. The molecule has 0 unspecified atom stereocenters. The van der Waals surface area contributed by atoms with Crippen LogP contribution in [0, 0.1) is 6.92 Å². The molecule has 0 amide bonds. The van der Waals surface area contributed by atoms with Crippen LogP contribution in [-0.4, -0.2) is 6.54 Å². The van der Waals surface area contributed by atoms with Crippen LogP contribution in [-0.2, 0) is 6.42 Å². The van der Waals surface area contributed by atoms with E-state index in [9.17, 15) is 0 Å². The molecule has 0 bridgehead atoms. The molecule has 2 aromatic rings. The van der Waals surface area contributed by atoms with E-state index in [0.717, 1.165) is 16.3 Å². The van der Waals surface area contributed by atoms with Crippen LogP contribution in [0.5, 0.6) is 0 Å². The van der Waals surface area contributed by atoms with Crippen LogP contribution in [0.3, 0.4) is 0 Å². The molecule has 2 N–H and O–H groups in total. The Bertz CT molecular complexity index is 523. The molecule has 18 heavy (non-hydrogen) atoms. The average molecular weight is 278 g/mol. The highest BCUT2D eigenvalue weighted by Crippen LogP contribution is 2.36. The van der Waals surface area contributed by atoms with Gasteiger partial charge < -0.3 is 5.73 Å².